The number of alkyl halides is 6. The van der Waals surface area contributed by atoms with Gasteiger partial charge in [0.2, 0.25) is 0 Å². The molecule has 0 bridgehead atoms. The second-order valence-corrected chi connectivity index (χ2v) is 14.5. The Labute approximate surface area is 281 Å². The normalized spacial score (nSPS) is 20.7. The van der Waals surface area contributed by atoms with Gasteiger partial charge in [-0.1, -0.05) is 30.3 Å². The zero-order chi connectivity index (χ0) is 36.7. The van der Waals surface area contributed by atoms with E-state index >= 15 is 0 Å². The maximum Gasteiger partial charge on any atom is 0.430 e. The summed E-state index contributed by atoms with van der Waals surface area (Å²) in [4.78, 5) is 15.8. The van der Waals surface area contributed by atoms with Crippen LogP contribution in [-0.2, 0) is 31.5 Å². The maximum atomic E-state index is 14.5. The van der Waals surface area contributed by atoms with Crippen molar-refractivity contribution in [2.45, 2.75) is 53.5 Å². The van der Waals surface area contributed by atoms with Crippen molar-refractivity contribution in [3.8, 4) is 0 Å². The number of benzene rings is 3. The van der Waals surface area contributed by atoms with Crippen LogP contribution in [-0.4, -0.2) is 74.5 Å². The van der Waals surface area contributed by atoms with Crippen LogP contribution in [0.5, 0.6) is 0 Å². The van der Waals surface area contributed by atoms with Crippen LogP contribution in [0.2, 0.25) is 0 Å². The van der Waals surface area contributed by atoms with E-state index in [0.29, 0.717) is 43.7 Å². The van der Waals surface area contributed by atoms with Gasteiger partial charge in [-0.25, -0.2) is 26.4 Å². The zero-order valence-corrected chi connectivity index (χ0v) is 26.9. The van der Waals surface area contributed by atoms with Crippen molar-refractivity contribution < 1.29 is 62.6 Å². The highest BCUT2D eigenvalue weighted by Crippen LogP contribution is 2.54. The molecule has 1 N–H and O–H groups in total. The summed E-state index contributed by atoms with van der Waals surface area (Å²) in [6.45, 7) is -2.19. The number of urea groups is 1. The van der Waals surface area contributed by atoms with Gasteiger partial charge in [-0.15, -0.1) is 0 Å². The van der Waals surface area contributed by atoms with E-state index in [1.807, 2.05) is 0 Å². The summed E-state index contributed by atoms with van der Waals surface area (Å²) < 4.78 is 160. The van der Waals surface area contributed by atoms with Crippen molar-refractivity contribution in [3.05, 3.63) is 101 Å². The van der Waals surface area contributed by atoms with Crippen molar-refractivity contribution in [2.75, 3.05) is 32.8 Å². The topological polar surface area (TPSA) is 87.2 Å². The van der Waals surface area contributed by atoms with Gasteiger partial charge in [0.15, 0.2) is 9.84 Å². The minimum absolute atomic E-state index is 0.173. The fourth-order valence-corrected chi connectivity index (χ4v) is 8.65. The van der Waals surface area contributed by atoms with Crippen molar-refractivity contribution in [2.24, 2.45) is 5.92 Å². The van der Waals surface area contributed by atoms with Crippen molar-refractivity contribution >= 4 is 15.9 Å². The van der Waals surface area contributed by atoms with Crippen LogP contribution < -0.4 is 0 Å². The lowest BCUT2D eigenvalue weighted by Gasteiger charge is -2.38. The first-order valence-corrected chi connectivity index (χ1v) is 16.8. The van der Waals surface area contributed by atoms with Crippen LogP contribution in [0.3, 0.4) is 0 Å². The SMILES string of the molecule is O=C(N1CCC[C@H](CO)C1)N1CC[C@](c2ccc(C(OCc3c(F)cccc3F)(C(F)(F)F)C(F)(F)F)cc2)(S(=O)(=O)c2ccc(F)cc2)C1. The first-order chi connectivity index (χ1) is 23.4. The fourth-order valence-electron chi connectivity index (χ4n) is 6.58. The molecule has 0 unspecified atom stereocenters. The molecule has 0 spiro atoms. The van der Waals surface area contributed by atoms with Crippen molar-refractivity contribution in [1.82, 2.24) is 9.80 Å². The number of hydrogen-bond donors (Lipinski definition) is 1. The Morgan fingerprint density at radius 3 is 2.02 bits per heavy atom. The summed E-state index contributed by atoms with van der Waals surface area (Å²) >= 11 is 0. The lowest BCUT2D eigenvalue weighted by Crippen LogP contribution is -2.56. The number of halogens is 9. The van der Waals surface area contributed by atoms with E-state index in [-0.39, 0.29) is 37.6 Å². The molecule has 2 aliphatic heterocycles. The highest BCUT2D eigenvalue weighted by Gasteiger charge is 2.73. The lowest BCUT2D eigenvalue weighted by molar-refractivity contribution is -0.392. The number of aliphatic hydroxyl groups excluding tert-OH is 1. The summed E-state index contributed by atoms with van der Waals surface area (Å²) in [7, 11) is -4.62. The van der Waals surface area contributed by atoms with Gasteiger partial charge in [0.1, 0.15) is 22.2 Å². The molecule has 3 aromatic carbocycles. The van der Waals surface area contributed by atoms with Crippen molar-refractivity contribution in [1.29, 1.82) is 0 Å². The molecule has 0 aromatic heterocycles. The molecule has 3 aromatic rings. The number of rotatable bonds is 8. The zero-order valence-electron chi connectivity index (χ0n) is 26.1. The molecule has 5 rings (SSSR count). The average Bonchev–Trinajstić information content (AvgIpc) is 3.52. The number of hydrogen-bond acceptors (Lipinski definition) is 5. The van der Waals surface area contributed by atoms with Gasteiger partial charge in [-0.3, -0.25) is 0 Å². The number of sulfone groups is 1. The molecule has 0 saturated carbocycles. The molecule has 0 aliphatic carbocycles. The van der Waals surface area contributed by atoms with Crippen LogP contribution in [0.1, 0.15) is 36.0 Å². The molecule has 2 amide bonds. The predicted octanol–water partition coefficient (Wildman–Crippen LogP) is 6.84. The third-order valence-electron chi connectivity index (χ3n) is 9.30. The molecule has 50 heavy (non-hydrogen) atoms. The number of carbonyl (C=O) groups is 1. The highest BCUT2D eigenvalue weighted by molar-refractivity contribution is 7.92. The summed E-state index contributed by atoms with van der Waals surface area (Å²) in [6.07, 6.45) is -11.6. The number of aliphatic hydroxyl groups is 1. The molecular formula is C33H31F9N2O5S. The maximum absolute atomic E-state index is 14.5. The van der Waals surface area contributed by atoms with Crippen molar-refractivity contribution in [3.63, 3.8) is 0 Å². The first-order valence-electron chi connectivity index (χ1n) is 15.3. The van der Waals surface area contributed by atoms with E-state index in [1.54, 1.807) is 0 Å². The Balaban J connectivity index is 1.58. The number of piperidine rings is 1. The van der Waals surface area contributed by atoms with E-state index in [9.17, 15) is 57.8 Å². The molecule has 2 heterocycles. The largest absolute Gasteiger partial charge is 0.430 e. The Morgan fingerprint density at radius 2 is 1.46 bits per heavy atom. The summed E-state index contributed by atoms with van der Waals surface area (Å²) in [5.74, 6) is -3.87. The van der Waals surface area contributed by atoms with Gasteiger partial charge in [0.05, 0.1) is 11.5 Å². The molecular weight excluding hydrogens is 707 g/mol. The first kappa shape index (κ1) is 37.4. The van der Waals surface area contributed by atoms with Gasteiger partial charge in [-0.05, 0) is 67.1 Å². The second-order valence-electron chi connectivity index (χ2n) is 12.3. The number of carbonyl (C=O) groups excluding carboxylic acids is 1. The molecule has 2 atom stereocenters. The smallest absolute Gasteiger partial charge is 0.396 e. The van der Waals surface area contributed by atoms with Crippen LogP contribution in [0.25, 0.3) is 0 Å². The quantitative estimate of drug-likeness (QED) is 0.202. The third-order valence-corrected chi connectivity index (χ3v) is 11.8. The average molecular weight is 739 g/mol. The van der Waals surface area contributed by atoms with E-state index < -0.39 is 85.2 Å². The minimum atomic E-state index is -6.23. The van der Waals surface area contributed by atoms with Gasteiger partial charge in [-0.2, -0.15) is 26.3 Å². The molecule has 2 fully saturated rings. The van der Waals surface area contributed by atoms with E-state index in [1.165, 1.54) is 9.80 Å². The Hall–Kier alpha value is -3.83. The molecule has 272 valence electrons. The molecule has 17 heteroatoms. The Kier molecular flexibility index (Phi) is 10.3. The third kappa shape index (κ3) is 6.54. The molecule has 0 radical (unpaired) electrons. The number of amides is 2. The fraction of sp³-hybridized carbons (Fsp3) is 0.424. The van der Waals surface area contributed by atoms with E-state index in [4.69, 9.17) is 0 Å². The molecule has 7 nitrogen and oxygen atoms in total. The van der Waals surface area contributed by atoms with E-state index in [2.05, 4.69) is 4.74 Å². The van der Waals surface area contributed by atoms with Gasteiger partial charge >= 0.3 is 18.4 Å². The lowest BCUT2D eigenvalue weighted by atomic mass is 9.88. The van der Waals surface area contributed by atoms with Crippen LogP contribution in [0.4, 0.5) is 44.3 Å². The van der Waals surface area contributed by atoms with Crippen LogP contribution in [0, 0.1) is 23.4 Å². The monoisotopic (exact) mass is 738 g/mol. The molecule has 2 aliphatic rings. The highest BCUT2D eigenvalue weighted by atomic mass is 32.2. The standard InChI is InChI=1S/C33H31F9N2O5S/c34-24-10-12-25(13-11-24)50(47,48)30(14-16-44(20-30)29(46)43-15-2-3-21(17-43)18-45)22-6-8-23(9-7-22)31(32(37,38)39,33(40,41)42)49-19-26-27(35)4-1-5-28(26)36/h1,4-13,21,45H,2-3,14-20H2/t21-,30-/m0/s1. The minimum Gasteiger partial charge on any atom is -0.396 e. The van der Waals surface area contributed by atoms with Gasteiger partial charge in [0, 0.05) is 43.9 Å². The molecule has 2 saturated heterocycles. The summed E-state index contributed by atoms with van der Waals surface area (Å²) in [5.41, 5.74) is -8.11. The second kappa shape index (κ2) is 13.7. The van der Waals surface area contributed by atoms with Crippen LogP contribution >= 0.6 is 0 Å². The van der Waals surface area contributed by atoms with Gasteiger partial charge < -0.3 is 19.6 Å². The van der Waals surface area contributed by atoms with Crippen LogP contribution in [0.15, 0.2) is 71.6 Å². The Bertz CT molecular complexity index is 1770. The van der Waals surface area contributed by atoms with E-state index in [0.717, 1.165) is 42.5 Å². The predicted molar refractivity (Wildman–Crippen MR) is 160 cm³/mol. The summed E-state index contributed by atoms with van der Waals surface area (Å²) in [6, 6.07) is 7.41. The summed E-state index contributed by atoms with van der Waals surface area (Å²) in [5, 5.41) is 9.60. The number of ether oxygens (including phenoxy) is 1. The number of nitrogens with zero attached hydrogens (tertiary/aromatic N) is 2. The Morgan fingerprint density at radius 1 is 0.860 bits per heavy atom. The number of likely N-dealkylation sites (tertiary alicyclic amines) is 2. The van der Waals surface area contributed by atoms with Gasteiger partial charge in [0.25, 0.3) is 5.60 Å².